The van der Waals surface area contributed by atoms with Gasteiger partial charge in [-0.2, -0.15) is 0 Å². The Kier molecular flexibility index (Phi) is 5.82. The van der Waals surface area contributed by atoms with Crippen LogP contribution < -0.4 is 0 Å². The second kappa shape index (κ2) is 8.17. The highest BCUT2D eigenvalue weighted by Crippen LogP contribution is 2.44. The fourth-order valence-electron chi connectivity index (χ4n) is 6.25. The van der Waals surface area contributed by atoms with Crippen LogP contribution in [0.25, 0.3) is 0 Å². The van der Waals surface area contributed by atoms with Crippen LogP contribution >= 0.6 is 0 Å². The van der Waals surface area contributed by atoms with E-state index < -0.39 is 0 Å². The number of fused-ring (bicyclic) bond motifs is 1. The molecule has 0 spiro atoms. The molecular weight excluding hydrogens is 350 g/mol. The van der Waals surface area contributed by atoms with Crippen LogP contribution in [0.3, 0.4) is 0 Å². The Labute approximate surface area is 170 Å². The third kappa shape index (κ3) is 4.00. The largest absolute Gasteiger partial charge is 0.342 e. The van der Waals surface area contributed by atoms with Crippen molar-refractivity contribution < 1.29 is 9.59 Å². The van der Waals surface area contributed by atoms with Gasteiger partial charge in [0.25, 0.3) is 0 Å². The second-order valence-corrected chi connectivity index (χ2v) is 10.1. The predicted octanol–water partition coefficient (Wildman–Crippen LogP) is 2.77. The van der Waals surface area contributed by atoms with Gasteiger partial charge in [-0.25, -0.2) is 0 Å². The lowest BCUT2D eigenvalue weighted by Gasteiger charge is -2.32. The van der Waals surface area contributed by atoms with E-state index in [1.165, 1.54) is 25.7 Å². The smallest absolute Gasteiger partial charge is 0.226 e. The van der Waals surface area contributed by atoms with Gasteiger partial charge >= 0.3 is 0 Å². The fraction of sp³-hybridized carbons (Fsp3) is 0.826. The SMILES string of the molecule is CN(C)CC12CN(C(=O)CCC3CCCC3)CC1CN(C(=O)C1CC=CC1)C2. The average Bonchev–Trinajstić information content (AvgIpc) is 3.40. The van der Waals surface area contributed by atoms with Crippen LogP contribution in [-0.4, -0.2) is 73.3 Å². The molecule has 1 saturated carbocycles. The summed E-state index contributed by atoms with van der Waals surface area (Å²) in [5.41, 5.74) is 0.0498. The fourth-order valence-corrected chi connectivity index (χ4v) is 6.25. The molecule has 2 aliphatic heterocycles. The average molecular weight is 388 g/mol. The number of likely N-dealkylation sites (tertiary alicyclic amines) is 2. The number of hydrogen-bond acceptors (Lipinski definition) is 3. The Morgan fingerprint density at radius 3 is 2.36 bits per heavy atom. The molecule has 0 radical (unpaired) electrons. The Hall–Kier alpha value is -1.36. The maximum absolute atomic E-state index is 13.0. The minimum Gasteiger partial charge on any atom is -0.342 e. The zero-order valence-corrected chi connectivity index (χ0v) is 17.7. The number of carbonyl (C=O) groups excluding carboxylic acids is 2. The van der Waals surface area contributed by atoms with Crippen molar-refractivity contribution in [2.75, 3.05) is 46.8 Å². The molecule has 156 valence electrons. The third-order valence-corrected chi connectivity index (χ3v) is 7.65. The second-order valence-electron chi connectivity index (χ2n) is 10.1. The van der Waals surface area contributed by atoms with Crippen LogP contribution in [0.1, 0.15) is 51.4 Å². The first-order valence-electron chi connectivity index (χ1n) is 11.3. The maximum Gasteiger partial charge on any atom is 0.226 e. The van der Waals surface area contributed by atoms with Gasteiger partial charge in [-0.3, -0.25) is 9.59 Å². The first-order chi connectivity index (χ1) is 13.5. The number of allylic oxidation sites excluding steroid dienone is 2. The quantitative estimate of drug-likeness (QED) is 0.658. The number of hydrogen-bond donors (Lipinski definition) is 0. The Morgan fingerprint density at radius 2 is 1.68 bits per heavy atom. The summed E-state index contributed by atoms with van der Waals surface area (Å²) in [5.74, 6) is 2.02. The van der Waals surface area contributed by atoms with Crippen molar-refractivity contribution in [3.63, 3.8) is 0 Å². The molecule has 2 heterocycles. The molecule has 4 aliphatic rings. The molecule has 0 N–H and O–H groups in total. The van der Waals surface area contributed by atoms with Crippen LogP contribution in [0, 0.1) is 23.2 Å². The van der Waals surface area contributed by atoms with Crippen LogP contribution in [0.2, 0.25) is 0 Å². The van der Waals surface area contributed by atoms with Gasteiger partial charge in [0.1, 0.15) is 0 Å². The summed E-state index contributed by atoms with van der Waals surface area (Å²) in [6.45, 7) is 4.26. The van der Waals surface area contributed by atoms with E-state index in [2.05, 4.69) is 40.9 Å². The van der Waals surface area contributed by atoms with Crippen LogP contribution in [-0.2, 0) is 9.59 Å². The first kappa shape index (κ1) is 19.9. The minimum absolute atomic E-state index is 0.0498. The molecule has 2 amide bonds. The number of rotatable bonds is 6. The first-order valence-corrected chi connectivity index (χ1v) is 11.3. The van der Waals surface area contributed by atoms with E-state index in [4.69, 9.17) is 0 Å². The van der Waals surface area contributed by atoms with E-state index in [0.717, 1.165) is 57.9 Å². The molecule has 0 aromatic rings. The van der Waals surface area contributed by atoms with Crippen LogP contribution in [0.4, 0.5) is 0 Å². The van der Waals surface area contributed by atoms with E-state index in [9.17, 15) is 9.59 Å². The molecule has 5 heteroatoms. The summed E-state index contributed by atoms with van der Waals surface area (Å²) in [6.07, 6.45) is 13.2. The van der Waals surface area contributed by atoms with Crippen LogP contribution in [0.15, 0.2) is 12.2 Å². The third-order valence-electron chi connectivity index (χ3n) is 7.65. The molecule has 5 nitrogen and oxygen atoms in total. The normalized spacial score (nSPS) is 30.8. The van der Waals surface area contributed by atoms with Gasteiger partial charge < -0.3 is 14.7 Å². The minimum atomic E-state index is 0.0498. The highest BCUT2D eigenvalue weighted by Gasteiger charge is 2.54. The predicted molar refractivity (Wildman–Crippen MR) is 111 cm³/mol. The Bertz CT molecular complexity index is 617. The van der Waals surface area contributed by atoms with Crippen molar-refractivity contribution in [3.05, 3.63) is 12.2 Å². The zero-order chi connectivity index (χ0) is 19.7. The lowest BCUT2D eigenvalue weighted by atomic mass is 9.80. The summed E-state index contributed by atoms with van der Waals surface area (Å²) in [6, 6.07) is 0. The van der Waals surface area contributed by atoms with Crippen molar-refractivity contribution in [3.8, 4) is 0 Å². The van der Waals surface area contributed by atoms with Gasteiger partial charge in [0.05, 0.1) is 0 Å². The van der Waals surface area contributed by atoms with E-state index in [1.807, 2.05) is 0 Å². The van der Waals surface area contributed by atoms with Gasteiger partial charge in [0, 0.05) is 56.4 Å². The molecule has 2 saturated heterocycles. The molecule has 4 rings (SSSR count). The molecule has 2 atom stereocenters. The van der Waals surface area contributed by atoms with Gasteiger partial charge in [0.2, 0.25) is 11.8 Å². The Balaban J connectivity index is 1.38. The molecule has 28 heavy (non-hydrogen) atoms. The van der Waals surface area contributed by atoms with Crippen molar-refractivity contribution >= 4 is 11.8 Å². The molecule has 2 unspecified atom stereocenters. The molecule has 2 aliphatic carbocycles. The lowest BCUT2D eigenvalue weighted by Crippen LogP contribution is -2.44. The van der Waals surface area contributed by atoms with E-state index in [1.54, 1.807) is 0 Å². The van der Waals surface area contributed by atoms with Gasteiger partial charge in [0.15, 0.2) is 0 Å². The highest BCUT2D eigenvalue weighted by molar-refractivity contribution is 5.80. The van der Waals surface area contributed by atoms with Crippen molar-refractivity contribution in [2.24, 2.45) is 23.2 Å². The summed E-state index contributed by atoms with van der Waals surface area (Å²) < 4.78 is 0. The summed E-state index contributed by atoms with van der Waals surface area (Å²) in [4.78, 5) is 32.4. The monoisotopic (exact) mass is 387 g/mol. The summed E-state index contributed by atoms with van der Waals surface area (Å²) in [7, 11) is 4.23. The van der Waals surface area contributed by atoms with Gasteiger partial charge in [-0.1, -0.05) is 37.8 Å². The van der Waals surface area contributed by atoms with E-state index in [-0.39, 0.29) is 11.3 Å². The standard InChI is InChI=1S/C23H37N3O2/c1-24(2)15-23-16-25(21(27)12-11-18-7-3-4-8-18)13-20(23)14-26(17-23)22(28)19-9-5-6-10-19/h5-6,18-20H,3-4,7-17H2,1-2H3. The topological polar surface area (TPSA) is 43.9 Å². The summed E-state index contributed by atoms with van der Waals surface area (Å²) >= 11 is 0. The molecule has 0 aromatic carbocycles. The Morgan fingerprint density at radius 1 is 1.04 bits per heavy atom. The molecule has 0 aromatic heterocycles. The maximum atomic E-state index is 13.0. The van der Waals surface area contributed by atoms with E-state index in [0.29, 0.717) is 24.2 Å². The van der Waals surface area contributed by atoms with Crippen molar-refractivity contribution in [1.82, 2.24) is 14.7 Å². The van der Waals surface area contributed by atoms with Crippen LogP contribution in [0.5, 0.6) is 0 Å². The lowest BCUT2D eigenvalue weighted by molar-refractivity contribution is -0.135. The number of carbonyl (C=O) groups is 2. The number of amides is 2. The van der Waals surface area contributed by atoms with Gasteiger partial charge in [-0.05, 0) is 39.3 Å². The number of nitrogens with zero attached hydrogens (tertiary/aromatic N) is 3. The van der Waals surface area contributed by atoms with Crippen molar-refractivity contribution in [1.29, 1.82) is 0 Å². The molecule has 0 bridgehead atoms. The summed E-state index contributed by atoms with van der Waals surface area (Å²) in [5, 5.41) is 0. The molecule has 3 fully saturated rings. The zero-order valence-electron chi connectivity index (χ0n) is 17.7. The highest BCUT2D eigenvalue weighted by atomic mass is 16.2. The van der Waals surface area contributed by atoms with E-state index >= 15 is 0 Å². The molecular formula is C23H37N3O2. The van der Waals surface area contributed by atoms with Gasteiger partial charge in [-0.15, -0.1) is 0 Å². The van der Waals surface area contributed by atoms with Crippen molar-refractivity contribution in [2.45, 2.75) is 51.4 Å².